The minimum atomic E-state index is -4.23. The second kappa shape index (κ2) is 11.3. The van der Waals surface area contributed by atoms with Crippen molar-refractivity contribution in [3.63, 3.8) is 0 Å². The molecule has 1 saturated carbocycles. The van der Waals surface area contributed by atoms with E-state index < -0.39 is 39.3 Å². The zero-order valence-electron chi connectivity index (χ0n) is 21.8. The van der Waals surface area contributed by atoms with Crippen LogP contribution in [0.2, 0.25) is 5.02 Å². The molecule has 0 bridgehead atoms. The largest absolute Gasteiger partial charge is 0.481 e. The molecule has 2 N–H and O–H groups in total. The van der Waals surface area contributed by atoms with Crippen LogP contribution in [-0.2, 0) is 19.6 Å². The first-order valence-electron chi connectivity index (χ1n) is 13.3. The zero-order chi connectivity index (χ0) is 28.5. The molecule has 2 fully saturated rings. The number of aliphatic carboxylic acids is 2. The predicted molar refractivity (Wildman–Crippen MR) is 152 cm³/mol. The number of halogens is 1. The van der Waals surface area contributed by atoms with Crippen LogP contribution in [-0.4, -0.2) is 71.5 Å². The highest BCUT2D eigenvalue weighted by atomic mass is 35.5. The molecule has 10 heteroatoms. The molecule has 1 aliphatic heterocycles. The van der Waals surface area contributed by atoms with Crippen LogP contribution in [0.4, 0.5) is 0 Å². The van der Waals surface area contributed by atoms with E-state index in [1.54, 1.807) is 24.3 Å². The molecule has 1 saturated heterocycles. The molecule has 3 atom stereocenters. The van der Waals surface area contributed by atoms with E-state index in [2.05, 4.69) is 0 Å². The van der Waals surface area contributed by atoms with E-state index in [0.717, 1.165) is 21.0 Å². The van der Waals surface area contributed by atoms with Gasteiger partial charge in [-0.25, -0.2) is 8.42 Å². The minimum absolute atomic E-state index is 0.00612. The lowest BCUT2D eigenvalue weighted by molar-refractivity contribution is -0.143. The second-order valence-corrected chi connectivity index (χ2v) is 12.8. The Morgan fingerprint density at radius 3 is 2.17 bits per heavy atom. The van der Waals surface area contributed by atoms with Gasteiger partial charge in [-0.2, -0.15) is 4.31 Å². The summed E-state index contributed by atoms with van der Waals surface area (Å²) in [5.74, 6) is -3.08. The van der Waals surface area contributed by atoms with Gasteiger partial charge in [0.25, 0.3) is 0 Å². The summed E-state index contributed by atoms with van der Waals surface area (Å²) in [6.45, 7) is 1.11. The third-order valence-electron chi connectivity index (χ3n) is 8.04. The summed E-state index contributed by atoms with van der Waals surface area (Å²) in [6.07, 6.45) is 1.42. The standard InChI is InChI=1S/C30H31ClN2O6S/c31-25-12-8-21(9-13-25)22-10-14-26(15-11-22)40(38,39)33(18-17-32-16-4-7-24(20-32)28(34)35)30(29(36)37)19-27(30)23-5-2-1-3-6-23/h1-3,5-6,8-15,24,27H,4,7,16-20H2,(H,34,35)(H,36,37). The molecule has 8 nitrogen and oxygen atoms in total. The smallest absolute Gasteiger partial charge is 0.325 e. The third-order valence-corrected chi connectivity index (χ3v) is 10.3. The maximum Gasteiger partial charge on any atom is 0.325 e. The Labute approximate surface area is 238 Å². The highest BCUT2D eigenvalue weighted by molar-refractivity contribution is 7.89. The van der Waals surface area contributed by atoms with Crippen LogP contribution in [0.25, 0.3) is 11.1 Å². The van der Waals surface area contributed by atoms with Gasteiger partial charge in [0.05, 0.1) is 10.8 Å². The molecule has 210 valence electrons. The van der Waals surface area contributed by atoms with Gasteiger partial charge in [-0.3, -0.25) is 9.59 Å². The van der Waals surface area contributed by atoms with Crippen LogP contribution in [0.3, 0.4) is 0 Å². The van der Waals surface area contributed by atoms with Crippen molar-refractivity contribution < 1.29 is 28.2 Å². The number of hydrogen-bond acceptors (Lipinski definition) is 5. The van der Waals surface area contributed by atoms with Crippen molar-refractivity contribution in [2.24, 2.45) is 5.92 Å². The minimum Gasteiger partial charge on any atom is -0.481 e. The van der Waals surface area contributed by atoms with E-state index in [4.69, 9.17) is 11.6 Å². The second-order valence-electron chi connectivity index (χ2n) is 10.5. The Bertz CT molecular complexity index is 1480. The van der Waals surface area contributed by atoms with Gasteiger partial charge in [-0.05, 0) is 66.8 Å². The van der Waals surface area contributed by atoms with Crippen molar-refractivity contribution >= 4 is 33.6 Å². The number of carboxylic acids is 2. The molecule has 0 spiro atoms. The van der Waals surface area contributed by atoms with Crippen molar-refractivity contribution in [3.8, 4) is 11.1 Å². The van der Waals surface area contributed by atoms with Gasteiger partial charge >= 0.3 is 11.9 Å². The van der Waals surface area contributed by atoms with E-state index >= 15 is 0 Å². The van der Waals surface area contributed by atoms with Crippen molar-refractivity contribution in [3.05, 3.63) is 89.4 Å². The molecule has 0 aromatic heterocycles. The normalized spacial score (nSPS) is 23.1. The van der Waals surface area contributed by atoms with E-state index in [-0.39, 0.29) is 24.4 Å². The monoisotopic (exact) mass is 582 g/mol. The van der Waals surface area contributed by atoms with Crippen LogP contribution < -0.4 is 0 Å². The first-order chi connectivity index (χ1) is 19.1. The van der Waals surface area contributed by atoms with E-state index in [1.807, 2.05) is 47.4 Å². The van der Waals surface area contributed by atoms with Gasteiger partial charge in [0.1, 0.15) is 5.54 Å². The Kier molecular flexibility index (Phi) is 8.01. The first-order valence-corrected chi connectivity index (χ1v) is 15.1. The molecule has 40 heavy (non-hydrogen) atoms. The average molecular weight is 583 g/mol. The molecule has 0 amide bonds. The van der Waals surface area contributed by atoms with Gasteiger partial charge < -0.3 is 15.1 Å². The van der Waals surface area contributed by atoms with E-state index in [0.29, 0.717) is 31.0 Å². The Hall–Kier alpha value is -3.24. The average Bonchev–Trinajstić information content (AvgIpc) is 3.71. The van der Waals surface area contributed by atoms with Crippen LogP contribution in [0, 0.1) is 5.92 Å². The summed E-state index contributed by atoms with van der Waals surface area (Å²) < 4.78 is 29.5. The van der Waals surface area contributed by atoms with Gasteiger partial charge in [-0.1, -0.05) is 66.2 Å². The Morgan fingerprint density at radius 1 is 0.950 bits per heavy atom. The maximum absolute atomic E-state index is 14.2. The molecule has 3 aromatic rings. The number of likely N-dealkylation sites (tertiary alicyclic amines) is 1. The molecule has 2 aliphatic rings. The summed E-state index contributed by atoms with van der Waals surface area (Å²) in [5, 5.41) is 20.6. The number of benzene rings is 3. The van der Waals surface area contributed by atoms with Crippen LogP contribution in [0.5, 0.6) is 0 Å². The molecule has 0 radical (unpaired) electrons. The summed E-state index contributed by atoms with van der Waals surface area (Å²) in [6, 6.07) is 22.7. The van der Waals surface area contributed by atoms with Crippen molar-refractivity contribution in [2.75, 3.05) is 26.2 Å². The number of rotatable bonds is 10. The molecule has 1 heterocycles. The number of carboxylic acid groups (broad SMARTS) is 2. The molecule has 5 rings (SSSR count). The summed E-state index contributed by atoms with van der Waals surface area (Å²) in [7, 11) is -4.23. The number of hydrogen-bond donors (Lipinski definition) is 2. The summed E-state index contributed by atoms with van der Waals surface area (Å²) >= 11 is 5.99. The van der Waals surface area contributed by atoms with Crippen molar-refractivity contribution in [1.29, 1.82) is 0 Å². The number of nitrogens with zero attached hydrogens (tertiary/aromatic N) is 2. The first kappa shape index (κ1) is 28.3. The summed E-state index contributed by atoms with van der Waals surface area (Å²) in [4.78, 5) is 26.3. The van der Waals surface area contributed by atoms with Gasteiger partial charge in [-0.15, -0.1) is 0 Å². The van der Waals surface area contributed by atoms with Gasteiger partial charge in [0, 0.05) is 30.6 Å². The van der Waals surface area contributed by atoms with Crippen LogP contribution in [0.1, 0.15) is 30.7 Å². The number of carbonyl (C=O) groups is 2. The fraction of sp³-hybridized carbons (Fsp3) is 0.333. The molecular formula is C30H31ClN2O6S. The third kappa shape index (κ3) is 5.51. The van der Waals surface area contributed by atoms with E-state index in [9.17, 15) is 28.2 Å². The lowest BCUT2D eigenvalue weighted by Crippen LogP contribution is -2.52. The van der Waals surface area contributed by atoms with Crippen molar-refractivity contribution in [1.82, 2.24) is 9.21 Å². The maximum atomic E-state index is 14.2. The van der Waals surface area contributed by atoms with Crippen LogP contribution in [0.15, 0.2) is 83.8 Å². The Morgan fingerprint density at radius 2 is 1.57 bits per heavy atom. The lowest BCUT2D eigenvalue weighted by atomic mass is 9.98. The summed E-state index contributed by atoms with van der Waals surface area (Å²) in [5.41, 5.74) is 0.817. The number of piperidine rings is 1. The SMILES string of the molecule is O=C(O)C1CCCN(CCN(C2(C(=O)O)CC2c2ccccc2)S(=O)(=O)c2ccc(-c3ccc(Cl)cc3)cc2)C1. The fourth-order valence-corrected chi connectivity index (χ4v) is 7.66. The molecule has 3 unspecified atom stereocenters. The van der Waals surface area contributed by atoms with Crippen molar-refractivity contribution in [2.45, 2.75) is 35.6 Å². The molecule has 3 aromatic carbocycles. The molecular weight excluding hydrogens is 552 g/mol. The molecule has 1 aliphatic carbocycles. The number of sulfonamides is 1. The Balaban J connectivity index is 1.47. The zero-order valence-corrected chi connectivity index (χ0v) is 23.4. The fourth-order valence-electron chi connectivity index (χ4n) is 5.77. The topological polar surface area (TPSA) is 115 Å². The van der Waals surface area contributed by atoms with Gasteiger partial charge in [0.2, 0.25) is 10.0 Å². The highest BCUT2D eigenvalue weighted by Gasteiger charge is 2.67. The van der Waals surface area contributed by atoms with Crippen LogP contribution >= 0.6 is 11.6 Å². The van der Waals surface area contributed by atoms with Gasteiger partial charge in [0.15, 0.2) is 0 Å². The highest BCUT2D eigenvalue weighted by Crippen LogP contribution is 2.57. The van der Waals surface area contributed by atoms with E-state index in [1.165, 1.54) is 12.1 Å². The predicted octanol–water partition coefficient (Wildman–Crippen LogP) is 4.81. The quantitative estimate of drug-likeness (QED) is 0.353. The lowest BCUT2D eigenvalue weighted by Gasteiger charge is -2.34.